The minimum absolute atomic E-state index is 0.208. The molecule has 1 atom stereocenters. The summed E-state index contributed by atoms with van der Waals surface area (Å²) in [6.45, 7) is 1.87. The number of anilines is 1. The summed E-state index contributed by atoms with van der Waals surface area (Å²) in [6, 6.07) is 13.9. The highest BCUT2D eigenvalue weighted by atomic mass is 16.6. The molecule has 1 unspecified atom stereocenters. The topological polar surface area (TPSA) is 84.5 Å². The van der Waals surface area contributed by atoms with Gasteiger partial charge in [0.1, 0.15) is 0 Å². The molecule has 116 valence electrons. The number of nitrogens with one attached hydrogen (secondary N) is 2. The maximum Gasteiger partial charge on any atom is 0.415 e. The van der Waals surface area contributed by atoms with Gasteiger partial charge in [0.25, 0.3) is 11.8 Å². The van der Waals surface area contributed by atoms with Crippen molar-refractivity contribution in [3.63, 3.8) is 0 Å². The number of imide groups is 1. The van der Waals surface area contributed by atoms with E-state index in [-0.39, 0.29) is 5.91 Å². The van der Waals surface area contributed by atoms with Crippen molar-refractivity contribution in [2.45, 2.75) is 13.0 Å². The Labute approximate surface area is 132 Å². The van der Waals surface area contributed by atoms with Crippen LogP contribution < -0.4 is 10.6 Å². The number of amides is 3. The smallest absolute Gasteiger partial charge is 0.415 e. The zero-order valence-electron chi connectivity index (χ0n) is 12.3. The SMILES string of the molecule is Cc1ccccc1C(=O)Nc1ccc(C2OC(=O)NC2=O)cc1. The lowest BCUT2D eigenvalue weighted by atomic mass is 10.1. The summed E-state index contributed by atoms with van der Waals surface area (Å²) in [4.78, 5) is 34.8. The lowest BCUT2D eigenvalue weighted by Gasteiger charge is -2.10. The van der Waals surface area contributed by atoms with E-state index in [1.807, 2.05) is 19.1 Å². The number of benzene rings is 2. The van der Waals surface area contributed by atoms with Gasteiger partial charge in [-0.05, 0) is 30.7 Å². The van der Waals surface area contributed by atoms with Crippen molar-refractivity contribution < 1.29 is 19.1 Å². The minimum Gasteiger partial charge on any atom is -0.431 e. The monoisotopic (exact) mass is 310 g/mol. The molecule has 3 rings (SSSR count). The summed E-state index contributed by atoms with van der Waals surface area (Å²) in [5, 5.41) is 4.86. The number of ether oxygens (including phenoxy) is 1. The standard InChI is InChI=1S/C17H14N2O4/c1-10-4-2-3-5-13(10)15(20)18-12-8-6-11(7-9-12)14-16(21)19-17(22)23-14/h2-9,14H,1H3,(H,18,20)(H,19,21,22). The first-order chi connectivity index (χ1) is 11.0. The molecule has 6 nitrogen and oxygen atoms in total. The molecular weight excluding hydrogens is 296 g/mol. The number of cyclic esters (lactones) is 1. The molecular formula is C17H14N2O4. The Morgan fingerprint density at radius 2 is 1.78 bits per heavy atom. The van der Waals surface area contributed by atoms with Crippen molar-refractivity contribution in [2.75, 3.05) is 5.32 Å². The van der Waals surface area contributed by atoms with Gasteiger partial charge in [-0.3, -0.25) is 14.9 Å². The van der Waals surface area contributed by atoms with E-state index in [1.165, 1.54) is 0 Å². The van der Waals surface area contributed by atoms with Crippen LogP contribution in [0.1, 0.15) is 27.6 Å². The zero-order chi connectivity index (χ0) is 16.4. The average molecular weight is 310 g/mol. The van der Waals surface area contributed by atoms with Crippen molar-refractivity contribution >= 4 is 23.6 Å². The molecule has 2 aromatic rings. The lowest BCUT2D eigenvalue weighted by molar-refractivity contribution is -0.123. The second-order valence-corrected chi connectivity index (χ2v) is 5.17. The summed E-state index contributed by atoms with van der Waals surface area (Å²) in [5.41, 5.74) is 2.62. The van der Waals surface area contributed by atoms with Gasteiger partial charge in [0, 0.05) is 16.8 Å². The number of hydrogen-bond acceptors (Lipinski definition) is 4. The fourth-order valence-corrected chi connectivity index (χ4v) is 2.34. The van der Waals surface area contributed by atoms with E-state index in [1.54, 1.807) is 36.4 Å². The molecule has 3 amide bonds. The van der Waals surface area contributed by atoms with Gasteiger partial charge in [0.05, 0.1) is 0 Å². The van der Waals surface area contributed by atoms with Crippen LogP contribution in [0, 0.1) is 6.92 Å². The molecule has 2 N–H and O–H groups in total. The fraction of sp³-hybridized carbons (Fsp3) is 0.118. The second-order valence-electron chi connectivity index (χ2n) is 5.17. The van der Waals surface area contributed by atoms with E-state index in [9.17, 15) is 14.4 Å². The Kier molecular flexibility index (Phi) is 3.80. The molecule has 0 spiro atoms. The molecule has 0 bridgehead atoms. The van der Waals surface area contributed by atoms with Crippen LogP contribution in [-0.2, 0) is 9.53 Å². The Bertz CT molecular complexity index is 783. The van der Waals surface area contributed by atoms with Gasteiger partial charge in [0.2, 0.25) is 6.10 Å². The third-order valence-electron chi connectivity index (χ3n) is 3.55. The van der Waals surface area contributed by atoms with Crippen LogP contribution >= 0.6 is 0 Å². The van der Waals surface area contributed by atoms with E-state index in [2.05, 4.69) is 10.6 Å². The number of alkyl carbamates (subject to hydrolysis) is 1. The Balaban J connectivity index is 1.73. The quantitative estimate of drug-likeness (QED) is 0.912. The normalized spacial score (nSPS) is 16.7. The van der Waals surface area contributed by atoms with E-state index < -0.39 is 18.1 Å². The molecule has 0 aliphatic carbocycles. The summed E-state index contributed by atoms with van der Waals surface area (Å²) in [7, 11) is 0. The van der Waals surface area contributed by atoms with Crippen molar-refractivity contribution in [3.8, 4) is 0 Å². The predicted molar refractivity (Wildman–Crippen MR) is 82.9 cm³/mol. The number of aryl methyl sites for hydroxylation is 1. The highest BCUT2D eigenvalue weighted by Gasteiger charge is 2.33. The minimum atomic E-state index is -0.941. The van der Waals surface area contributed by atoms with E-state index in [0.29, 0.717) is 16.8 Å². The fourth-order valence-electron chi connectivity index (χ4n) is 2.34. The summed E-state index contributed by atoms with van der Waals surface area (Å²) in [5.74, 6) is -0.701. The van der Waals surface area contributed by atoms with Crippen molar-refractivity contribution in [2.24, 2.45) is 0 Å². The molecule has 0 aromatic heterocycles. The van der Waals surface area contributed by atoms with Gasteiger partial charge in [-0.2, -0.15) is 0 Å². The molecule has 0 saturated carbocycles. The predicted octanol–water partition coefficient (Wildman–Crippen LogP) is 2.55. The highest BCUT2D eigenvalue weighted by molar-refractivity contribution is 6.05. The van der Waals surface area contributed by atoms with Crippen LogP contribution in [0.15, 0.2) is 48.5 Å². The number of carbonyl (C=O) groups is 3. The third kappa shape index (κ3) is 3.06. The van der Waals surface area contributed by atoms with E-state index >= 15 is 0 Å². The average Bonchev–Trinajstić information content (AvgIpc) is 2.87. The van der Waals surface area contributed by atoms with Gasteiger partial charge in [-0.1, -0.05) is 30.3 Å². The van der Waals surface area contributed by atoms with Gasteiger partial charge >= 0.3 is 6.09 Å². The van der Waals surface area contributed by atoms with Crippen LogP contribution in [0.4, 0.5) is 10.5 Å². The van der Waals surface area contributed by atoms with Gasteiger partial charge in [-0.25, -0.2) is 4.79 Å². The largest absolute Gasteiger partial charge is 0.431 e. The van der Waals surface area contributed by atoms with Crippen molar-refractivity contribution in [3.05, 3.63) is 65.2 Å². The summed E-state index contributed by atoms with van der Waals surface area (Å²) < 4.78 is 4.88. The Morgan fingerprint density at radius 1 is 1.09 bits per heavy atom. The molecule has 1 aliphatic heterocycles. The number of hydrogen-bond donors (Lipinski definition) is 2. The summed E-state index contributed by atoms with van der Waals surface area (Å²) in [6.07, 6.45) is -1.69. The van der Waals surface area contributed by atoms with Crippen LogP contribution in [-0.4, -0.2) is 17.9 Å². The molecule has 1 heterocycles. The lowest BCUT2D eigenvalue weighted by Crippen LogP contribution is -2.20. The molecule has 23 heavy (non-hydrogen) atoms. The first-order valence-corrected chi connectivity index (χ1v) is 7.03. The van der Waals surface area contributed by atoms with Crippen molar-refractivity contribution in [1.82, 2.24) is 5.32 Å². The first kappa shape index (κ1) is 14.8. The molecule has 2 aromatic carbocycles. The number of carbonyl (C=O) groups excluding carboxylic acids is 3. The summed E-state index contributed by atoms with van der Waals surface area (Å²) >= 11 is 0. The van der Waals surface area contributed by atoms with Crippen LogP contribution in [0.3, 0.4) is 0 Å². The maximum absolute atomic E-state index is 12.2. The third-order valence-corrected chi connectivity index (χ3v) is 3.55. The van der Waals surface area contributed by atoms with Gasteiger partial charge in [0.15, 0.2) is 0 Å². The molecule has 0 radical (unpaired) electrons. The van der Waals surface area contributed by atoms with Crippen molar-refractivity contribution in [1.29, 1.82) is 0 Å². The Hall–Kier alpha value is -3.15. The maximum atomic E-state index is 12.2. The Morgan fingerprint density at radius 3 is 2.39 bits per heavy atom. The second kappa shape index (κ2) is 5.92. The molecule has 1 fully saturated rings. The van der Waals surface area contributed by atoms with E-state index in [0.717, 1.165) is 5.56 Å². The van der Waals surface area contributed by atoms with Crippen LogP contribution in [0.5, 0.6) is 0 Å². The van der Waals surface area contributed by atoms with Crippen LogP contribution in [0.2, 0.25) is 0 Å². The van der Waals surface area contributed by atoms with Gasteiger partial charge < -0.3 is 10.1 Å². The zero-order valence-corrected chi connectivity index (χ0v) is 12.3. The van der Waals surface area contributed by atoms with Crippen LogP contribution in [0.25, 0.3) is 0 Å². The molecule has 1 saturated heterocycles. The van der Waals surface area contributed by atoms with Gasteiger partial charge in [-0.15, -0.1) is 0 Å². The molecule has 1 aliphatic rings. The highest BCUT2D eigenvalue weighted by Crippen LogP contribution is 2.23. The number of rotatable bonds is 3. The first-order valence-electron chi connectivity index (χ1n) is 7.03. The molecule has 6 heteroatoms. The van der Waals surface area contributed by atoms with E-state index in [4.69, 9.17) is 4.74 Å².